The Kier molecular flexibility index (Phi) is 5.94. The van der Waals surface area contributed by atoms with Crippen molar-refractivity contribution in [2.24, 2.45) is 0 Å². The number of methoxy groups -OCH3 is 1. The van der Waals surface area contributed by atoms with Crippen molar-refractivity contribution in [3.05, 3.63) is 53.9 Å². The molecule has 0 bridgehead atoms. The summed E-state index contributed by atoms with van der Waals surface area (Å²) >= 11 is 1.16. The third-order valence-electron chi connectivity index (χ3n) is 4.42. The molecule has 1 N–H and O–H groups in total. The van der Waals surface area contributed by atoms with E-state index in [-0.39, 0.29) is 11.7 Å². The number of carbonyl (C=O) groups excluding carboxylic acids is 1. The Balaban J connectivity index is 1.38. The molecular weight excluding hydrogens is 418 g/mol. The molecule has 2 heterocycles. The fourth-order valence-electron chi connectivity index (χ4n) is 2.81. The van der Waals surface area contributed by atoms with Crippen molar-refractivity contribution < 1.29 is 13.9 Å². The predicted molar refractivity (Wildman–Crippen MR) is 114 cm³/mol. The van der Waals surface area contributed by atoms with Crippen LogP contribution in [0.2, 0.25) is 0 Å². The monoisotopic (exact) mass is 437 g/mol. The van der Waals surface area contributed by atoms with Gasteiger partial charge in [-0.3, -0.25) is 4.79 Å². The van der Waals surface area contributed by atoms with Gasteiger partial charge in [-0.2, -0.15) is 4.68 Å². The highest BCUT2D eigenvalue weighted by atomic mass is 32.2. The van der Waals surface area contributed by atoms with Crippen LogP contribution in [0.4, 0.5) is 5.69 Å². The molecule has 0 unspecified atom stereocenters. The molecule has 10 nitrogen and oxygen atoms in total. The summed E-state index contributed by atoms with van der Waals surface area (Å²) < 4.78 is 12.4. The van der Waals surface area contributed by atoms with E-state index < -0.39 is 0 Å². The van der Waals surface area contributed by atoms with Gasteiger partial charge < -0.3 is 14.5 Å². The number of aromatic nitrogens is 6. The van der Waals surface area contributed by atoms with Crippen molar-refractivity contribution in [2.45, 2.75) is 19.1 Å². The summed E-state index contributed by atoms with van der Waals surface area (Å²) in [6, 6.07) is 12.8. The van der Waals surface area contributed by atoms with Crippen molar-refractivity contribution in [2.75, 3.05) is 18.2 Å². The normalized spacial score (nSPS) is 10.8. The van der Waals surface area contributed by atoms with Crippen molar-refractivity contribution in [1.82, 2.24) is 30.4 Å². The average Bonchev–Trinajstić information content (AvgIpc) is 3.43. The number of benzene rings is 2. The Morgan fingerprint density at radius 1 is 1.13 bits per heavy atom. The number of nitrogens with zero attached hydrogens (tertiary/aromatic N) is 6. The van der Waals surface area contributed by atoms with E-state index in [1.54, 1.807) is 11.8 Å². The van der Waals surface area contributed by atoms with Crippen LogP contribution >= 0.6 is 11.8 Å². The number of hydrogen-bond donors (Lipinski definition) is 1. The van der Waals surface area contributed by atoms with Gasteiger partial charge in [0, 0.05) is 11.3 Å². The number of carbonyl (C=O) groups is 1. The molecule has 0 saturated carbocycles. The minimum absolute atomic E-state index is 0.122. The molecule has 0 spiro atoms. The van der Waals surface area contributed by atoms with E-state index in [4.69, 9.17) is 9.15 Å². The van der Waals surface area contributed by atoms with Gasteiger partial charge >= 0.3 is 0 Å². The predicted octanol–water partition coefficient (Wildman–Crippen LogP) is 3.07. The number of amides is 1. The molecule has 0 aliphatic heterocycles. The van der Waals surface area contributed by atoms with E-state index in [9.17, 15) is 4.79 Å². The van der Waals surface area contributed by atoms with Gasteiger partial charge in [-0.05, 0) is 66.2 Å². The van der Waals surface area contributed by atoms with Crippen LogP contribution < -0.4 is 10.1 Å². The lowest BCUT2D eigenvalue weighted by Crippen LogP contribution is -2.14. The molecule has 158 valence electrons. The van der Waals surface area contributed by atoms with Crippen LogP contribution in [0, 0.1) is 13.8 Å². The van der Waals surface area contributed by atoms with E-state index >= 15 is 0 Å². The number of rotatable bonds is 7. The number of aryl methyl sites for hydroxylation is 2. The largest absolute Gasteiger partial charge is 0.497 e. The number of ether oxygens (including phenoxy) is 1. The number of tetrazole rings is 1. The lowest BCUT2D eigenvalue weighted by molar-refractivity contribution is -0.113. The third kappa shape index (κ3) is 4.72. The fraction of sp³-hybridized carbons (Fsp3) is 0.200. The minimum Gasteiger partial charge on any atom is -0.497 e. The van der Waals surface area contributed by atoms with E-state index in [1.165, 1.54) is 0 Å². The van der Waals surface area contributed by atoms with Crippen LogP contribution in [0.5, 0.6) is 5.75 Å². The zero-order valence-corrected chi connectivity index (χ0v) is 17.9. The first-order valence-corrected chi connectivity index (χ1v) is 10.3. The molecule has 0 radical (unpaired) electrons. The second-order valence-electron chi connectivity index (χ2n) is 6.58. The first-order valence-electron chi connectivity index (χ1n) is 9.30. The Morgan fingerprint density at radius 3 is 2.65 bits per heavy atom. The van der Waals surface area contributed by atoms with Crippen LogP contribution in [0.1, 0.15) is 11.4 Å². The van der Waals surface area contributed by atoms with Gasteiger partial charge in [-0.15, -0.1) is 15.3 Å². The second kappa shape index (κ2) is 8.96. The summed E-state index contributed by atoms with van der Waals surface area (Å²) in [4.78, 5) is 12.4. The first-order chi connectivity index (χ1) is 15.0. The van der Waals surface area contributed by atoms with Crippen LogP contribution in [0.15, 0.2) is 52.1 Å². The summed E-state index contributed by atoms with van der Waals surface area (Å²) in [5.41, 5.74) is 3.20. The maximum absolute atomic E-state index is 12.4. The molecule has 1 amide bonds. The van der Waals surface area contributed by atoms with E-state index in [2.05, 4.69) is 31.0 Å². The quantitative estimate of drug-likeness (QED) is 0.435. The van der Waals surface area contributed by atoms with Gasteiger partial charge in [0.05, 0.1) is 18.6 Å². The molecule has 31 heavy (non-hydrogen) atoms. The zero-order chi connectivity index (χ0) is 21.8. The summed E-state index contributed by atoms with van der Waals surface area (Å²) in [5.74, 6) is 1.70. The van der Waals surface area contributed by atoms with Crippen molar-refractivity contribution in [3.8, 4) is 22.9 Å². The molecule has 11 heteroatoms. The smallest absolute Gasteiger partial charge is 0.277 e. The van der Waals surface area contributed by atoms with E-state index in [1.807, 2.05) is 56.3 Å². The van der Waals surface area contributed by atoms with Gasteiger partial charge in [0.1, 0.15) is 5.75 Å². The summed E-state index contributed by atoms with van der Waals surface area (Å²) in [5, 5.41) is 22.8. The molecule has 2 aromatic carbocycles. The minimum atomic E-state index is -0.197. The SMILES string of the molecule is COc1ccc(-c2nnc(SCC(=O)Nc3ccc(C)c(-n4nnnc4C)c3)o2)cc1. The van der Waals surface area contributed by atoms with Crippen molar-refractivity contribution in [3.63, 3.8) is 0 Å². The topological polar surface area (TPSA) is 121 Å². The van der Waals surface area contributed by atoms with Crippen LogP contribution in [-0.4, -0.2) is 49.2 Å². The lowest BCUT2D eigenvalue weighted by atomic mass is 10.2. The Labute approximate surface area is 182 Å². The van der Waals surface area contributed by atoms with Gasteiger partial charge in [0.15, 0.2) is 5.82 Å². The van der Waals surface area contributed by atoms with Gasteiger partial charge in [0.2, 0.25) is 11.8 Å². The average molecular weight is 437 g/mol. The Bertz CT molecular complexity index is 1200. The molecule has 0 aliphatic rings. The maximum Gasteiger partial charge on any atom is 0.277 e. The number of hydrogen-bond acceptors (Lipinski definition) is 9. The fourth-order valence-corrected chi connectivity index (χ4v) is 3.38. The number of nitrogens with one attached hydrogen (secondary N) is 1. The van der Waals surface area contributed by atoms with E-state index in [0.29, 0.717) is 22.6 Å². The van der Waals surface area contributed by atoms with Gasteiger partial charge in [-0.1, -0.05) is 17.8 Å². The highest BCUT2D eigenvalue weighted by molar-refractivity contribution is 7.99. The number of anilines is 1. The van der Waals surface area contributed by atoms with Crippen LogP contribution in [0.3, 0.4) is 0 Å². The first kappa shape index (κ1) is 20.5. The maximum atomic E-state index is 12.4. The summed E-state index contributed by atoms with van der Waals surface area (Å²) in [6.45, 7) is 3.76. The molecular formula is C20H19N7O3S. The third-order valence-corrected chi connectivity index (χ3v) is 5.24. The van der Waals surface area contributed by atoms with Crippen molar-refractivity contribution in [1.29, 1.82) is 0 Å². The van der Waals surface area contributed by atoms with Crippen LogP contribution in [0.25, 0.3) is 17.1 Å². The number of thioether (sulfide) groups is 1. The van der Waals surface area contributed by atoms with Crippen molar-refractivity contribution >= 4 is 23.4 Å². The molecule has 4 rings (SSSR count). The molecule has 0 aliphatic carbocycles. The highest BCUT2D eigenvalue weighted by Gasteiger charge is 2.13. The Hall–Kier alpha value is -3.73. The molecule has 0 fully saturated rings. The molecule has 0 saturated heterocycles. The highest BCUT2D eigenvalue weighted by Crippen LogP contribution is 2.25. The molecule has 0 atom stereocenters. The lowest BCUT2D eigenvalue weighted by Gasteiger charge is -2.10. The standard InChI is InChI=1S/C20H19N7O3S/c1-12-4-7-15(10-17(12)27-13(2)22-25-26-27)21-18(28)11-31-20-24-23-19(30-20)14-5-8-16(29-3)9-6-14/h4-10H,11H2,1-3H3,(H,21,28). The molecule has 4 aromatic rings. The van der Waals surface area contributed by atoms with Crippen LogP contribution in [-0.2, 0) is 4.79 Å². The summed E-state index contributed by atoms with van der Waals surface area (Å²) in [6.07, 6.45) is 0. The Morgan fingerprint density at radius 2 is 1.94 bits per heavy atom. The zero-order valence-electron chi connectivity index (χ0n) is 17.1. The van der Waals surface area contributed by atoms with Gasteiger partial charge in [0.25, 0.3) is 5.22 Å². The summed E-state index contributed by atoms with van der Waals surface area (Å²) in [7, 11) is 1.60. The van der Waals surface area contributed by atoms with E-state index in [0.717, 1.165) is 34.3 Å². The second-order valence-corrected chi connectivity index (χ2v) is 7.50. The molecule has 2 aromatic heterocycles. The van der Waals surface area contributed by atoms with Gasteiger partial charge in [-0.25, -0.2) is 0 Å².